The van der Waals surface area contributed by atoms with Crippen molar-refractivity contribution in [2.24, 2.45) is 0 Å². The highest BCUT2D eigenvalue weighted by Crippen LogP contribution is 2.34. The van der Waals surface area contributed by atoms with Crippen molar-refractivity contribution in [1.29, 1.82) is 0 Å². The summed E-state index contributed by atoms with van der Waals surface area (Å²) in [6, 6.07) is 6.48. The van der Waals surface area contributed by atoms with E-state index in [2.05, 4.69) is 5.10 Å². The fourth-order valence-electron chi connectivity index (χ4n) is 2.83. The lowest BCUT2D eigenvalue weighted by Crippen LogP contribution is -2.45. The lowest BCUT2D eigenvalue weighted by atomic mass is 10.1. The molecule has 134 valence electrons. The fourth-order valence-corrected chi connectivity index (χ4v) is 2.83. The fraction of sp³-hybridized carbons (Fsp3) is 0.412. The van der Waals surface area contributed by atoms with Crippen LogP contribution >= 0.6 is 0 Å². The van der Waals surface area contributed by atoms with Crippen LogP contribution in [-0.2, 0) is 10.9 Å². The monoisotopic (exact) mass is 353 g/mol. The van der Waals surface area contributed by atoms with E-state index in [0.29, 0.717) is 6.61 Å². The number of carbonyl (C=O) groups is 1. The zero-order chi connectivity index (χ0) is 18.2. The van der Waals surface area contributed by atoms with Crippen molar-refractivity contribution in [3.05, 3.63) is 47.3 Å². The highest BCUT2D eigenvalue weighted by Gasteiger charge is 2.41. The van der Waals surface area contributed by atoms with Gasteiger partial charge < -0.3 is 9.64 Å². The van der Waals surface area contributed by atoms with E-state index < -0.39 is 23.3 Å². The van der Waals surface area contributed by atoms with Crippen LogP contribution < -0.4 is 0 Å². The molecule has 1 saturated heterocycles. The highest BCUT2D eigenvalue weighted by molar-refractivity contribution is 5.95. The molecule has 1 aromatic heterocycles. The standard InChI is InChI=1S/C17H18F3N3O2/c1-11-3-5-13(6-4-11)23-15(17(18,19)20)14(9-21-23)16(24)22-7-8-25-12(2)10-22/h3-6,9,12H,7-8,10H2,1-2H3. The van der Waals surface area contributed by atoms with Crippen LogP contribution in [0.2, 0.25) is 0 Å². The molecule has 1 amide bonds. The minimum atomic E-state index is -4.70. The van der Waals surface area contributed by atoms with Gasteiger partial charge in [-0.3, -0.25) is 4.79 Å². The normalized spacial score (nSPS) is 18.4. The number of rotatable bonds is 2. The quantitative estimate of drug-likeness (QED) is 0.834. The molecule has 2 heterocycles. The lowest BCUT2D eigenvalue weighted by molar-refractivity contribution is -0.143. The molecule has 0 bridgehead atoms. The summed E-state index contributed by atoms with van der Waals surface area (Å²) in [6.45, 7) is 4.44. The summed E-state index contributed by atoms with van der Waals surface area (Å²) in [5, 5.41) is 3.84. The first-order valence-corrected chi connectivity index (χ1v) is 7.90. The molecule has 5 nitrogen and oxygen atoms in total. The molecule has 0 saturated carbocycles. The van der Waals surface area contributed by atoms with Crippen molar-refractivity contribution in [1.82, 2.24) is 14.7 Å². The number of carbonyl (C=O) groups excluding carboxylic acids is 1. The van der Waals surface area contributed by atoms with Crippen LogP contribution in [0.1, 0.15) is 28.5 Å². The average molecular weight is 353 g/mol. The molecule has 0 aliphatic carbocycles. The van der Waals surface area contributed by atoms with E-state index >= 15 is 0 Å². The van der Waals surface area contributed by atoms with Crippen molar-refractivity contribution in [3.8, 4) is 5.69 Å². The predicted molar refractivity (Wildman–Crippen MR) is 84.6 cm³/mol. The largest absolute Gasteiger partial charge is 0.434 e. The van der Waals surface area contributed by atoms with E-state index in [1.807, 2.05) is 6.92 Å². The molecule has 8 heteroatoms. The van der Waals surface area contributed by atoms with Crippen LogP contribution in [0.5, 0.6) is 0 Å². The Kier molecular flexibility index (Phi) is 4.55. The molecule has 25 heavy (non-hydrogen) atoms. The summed E-state index contributed by atoms with van der Waals surface area (Å²) in [6.07, 6.45) is -3.92. The Morgan fingerprint density at radius 1 is 1.28 bits per heavy atom. The molecule has 1 aliphatic rings. The van der Waals surface area contributed by atoms with Crippen LogP contribution in [-0.4, -0.2) is 46.4 Å². The van der Waals surface area contributed by atoms with Crippen molar-refractivity contribution in [3.63, 3.8) is 0 Å². The maximum Gasteiger partial charge on any atom is 0.434 e. The number of ether oxygens (including phenoxy) is 1. The number of halogens is 3. The van der Waals surface area contributed by atoms with Gasteiger partial charge in [0.25, 0.3) is 5.91 Å². The molecule has 1 aromatic carbocycles. The first-order chi connectivity index (χ1) is 11.8. The van der Waals surface area contributed by atoms with Gasteiger partial charge in [-0.05, 0) is 26.0 Å². The van der Waals surface area contributed by atoms with E-state index in [4.69, 9.17) is 4.74 Å². The van der Waals surface area contributed by atoms with Crippen molar-refractivity contribution in [2.75, 3.05) is 19.7 Å². The summed E-state index contributed by atoms with van der Waals surface area (Å²) in [4.78, 5) is 14.0. The minimum absolute atomic E-state index is 0.209. The second-order valence-electron chi connectivity index (χ2n) is 6.08. The van der Waals surface area contributed by atoms with Gasteiger partial charge in [0.1, 0.15) is 0 Å². The first kappa shape index (κ1) is 17.5. The SMILES string of the molecule is Cc1ccc(-n2ncc(C(=O)N3CCOC(C)C3)c2C(F)(F)F)cc1. The number of hydrogen-bond acceptors (Lipinski definition) is 3. The van der Waals surface area contributed by atoms with Crippen LogP contribution in [0, 0.1) is 6.92 Å². The molecule has 0 N–H and O–H groups in total. The van der Waals surface area contributed by atoms with E-state index in [1.165, 1.54) is 4.90 Å². The number of alkyl halides is 3. The third kappa shape index (κ3) is 3.53. The van der Waals surface area contributed by atoms with Gasteiger partial charge in [-0.15, -0.1) is 0 Å². The van der Waals surface area contributed by atoms with Gasteiger partial charge in [0.05, 0.1) is 30.2 Å². The van der Waals surface area contributed by atoms with Gasteiger partial charge in [-0.2, -0.15) is 18.3 Å². The van der Waals surface area contributed by atoms with Gasteiger partial charge in [-0.25, -0.2) is 4.68 Å². The van der Waals surface area contributed by atoms with E-state index in [0.717, 1.165) is 16.4 Å². The van der Waals surface area contributed by atoms with Crippen LogP contribution in [0.25, 0.3) is 5.69 Å². The smallest absolute Gasteiger partial charge is 0.375 e. The van der Waals surface area contributed by atoms with E-state index in [9.17, 15) is 18.0 Å². The summed E-state index contributed by atoms with van der Waals surface area (Å²) in [5.41, 5.74) is -0.321. The van der Waals surface area contributed by atoms with Crippen molar-refractivity contribution >= 4 is 5.91 Å². The third-order valence-electron chi connectivity index (χ3n) is 4.07. The van der Waals surface area contributed by atoms with E-state index in [-0.39, 0.29) is 24.9 Å². The molecule has 1 fully saturated rings. The van der Waals surface area contributed by atoms with Crippen molar-refractivity contribution in [2.45, 2.75) is 26.1 Å². The van der Waals surface area contributed by atoms with E-state index in [1.54, 1.807) is 31.2 Å². The van der Waals surface area contributed by atoms with Crippen LogP contribution in [0.3, 0.4) is 0 Å². The zero-order valence-corrected chi connectivity index (χ0v) is 13.9. The van der Waals surface area contributed by atoms with Gasteiger partial charge in [-0.1, -0.05) is 17.7 Å². The summed E-state index contributed by atoms with van der Waals surface area (Å²) in [7, 11) is 0. The Hall–Kier alpha value is -2.35. The number of aromatic nitrogens is 2. The third-order valence-corrected chi connectivity index (χ3v) is 4.07. The summed E-state index contributed by atoms with van der Waals surface area (Å²) >= 11 is 0. The number of amides is 1. The lowest BCUT2D eigenvalue weighted by Gasteiger charge is -2.31. The molecular formula is C17H18F3N3O2. The Labute approximate surface area is 143 Å². The number of nitrogens with zero attached hydrogens (tertiary/aromatic N) is 3. The molecule has 2 aromatic rings. The van der Waals surface area contributed by atoms with Crippen LogP contribution in [0.4, 0.5) is 13.2 Å². The Bertz CT molecular complexity index is 768. The number of hydrogen-bond donors (Lipinski definition) is 0. The molecule has 3 rings (SSSR count). The molecular weight excluding hydrogens is 335 g/mol. The maximum atomic E-state index is 13.7. The maximum absolute atomic E-state index is 13.7. The Balaban J connectivity index is 2.02. The number of benzene rings is 1. The molecule has 0 spiro atoms. The summed E-state index contributed by atoms with van der Waals surface area (Å²) < 4.78 is 47.1. The van der Waals surface area contributed by atoms with Gasteiger partial charge >= 0.3 is 6.18 Å². The topological polar surface area (TPSA) is 47.4 Å². The van der Waals surface area contributed by atoms with Gasteiger partial charge in [0, 0.05) is 13.1 Å². The number of morpholine rings is 1. The highest BCUT2D eigenvalue weighted by atomic mass is 19.4. The Morgan fingerprint density at radius 2 is 1.96 bits per heavy atom. The van der Waals surface area contributed by atoms with Gasteiger partial charge in [0.2, 0.25) is 0 Å². The van der Waals surface area contributed by atoms with Gasteiger partial charge in [0.15, 0.2) is 5.69 Å². The summed E-state index contributed by atoms with van der Waals surface area (Å²) in [5.74, 6) is -0.680. The zero-order valence-electron chi connectivity index (χ0n) is 13.9. The average Bonchev–Trinajstić information content (AvgIpc) is 3.00. The van der Waals surface area contributed by atoms with Crippen LogP contribution in [0.15, 0.2) is 30.5 Å². The second kappa shape index (κ2) is 6.51. The number of aryl methyl sites for hydroxylation is 1. The molecule has 1 aliphatic heterocycles. The molecule has 0 radical (unpaired) electrons. The molecule has 1 atom stereocenters. The predicted octanol–water partition coefficient (Wildman–Crippen LogP) is 3.06. The first-order valence-electron chi connectivity index (χ1n) is 7.90. The minimum Gasteiger partial charge on any atom is -0.375 e. The molecule has 1 unspecified atom stereocenters. The Morgan fingerprint density at radius 3 is 2.56 bits per heavy atom. The van der Waals surface area contributed by atoms with Crippen molar-refractivity contribution < 1.29 is 22.7 Å². The second-order valence-corrected chi connectivity index (χ2v) is 6.08.